The SMILES string of the molecule is CC(CCC(=O)NC=O)N(C)C=O.Cc1c(C=O)cccc1NCCCCC=O. The Hall–Kier alpha value is -3.03. The number of amides is 3. The Labute approximate surface area is 172 Å². The van der Waals surface area contributed by atoms with Gasteiger partial charge in [0.25, 0.3) is 0 Å². The van der Waals surface area contributed by atoms with Crippen LogP contribution in [-0.2, 0) is 19.2 Å². The summed E-state index contributed by atoms with van der Waals surface area (Å²) in [5.41, 5.74) is 2.70. The highest BCUT2D eigenvalue weighted by molar-refractivity contribution is 5.85. The van der Waals surface area contributed by atoms with Crippen molar-refractivity contribution in [2.45, 2.75) is 52.0 Å². The van der Waals surface area contributed by atoms with E-state index in [-0.39, 0.29) is 18.4 Å². The molecule has 0 heterocycles. The number of nitrogens with zero attached hydrogens (tertiary/aromatic N) is 1. The maximum atomic E-state index is 10.8. The molecular weight excluding hydrogens is 374 g/mol. The van der Waals surface area contributed by atoms with Gasteiger partial charge in [0.15, 0.2) is 0 Å². The van der Waals surface area contributed by atoms with Crippen molar-refractivity contribution in [3.8, 4) is 0 Å². The number of hydrogen-bond donors (Lipinski definition) is 2. The summed E-state index contributed by atoms with van der Waals surface area (Å²) in [7, 11) is 1.65. The first-order valence-corrected chi connectivity index (χ1v) is 9.53. The normalized spacial score (nSPS) is 10.6. The van der Waals surface area contributed by atoms with Crippen molar-refractivity contribution >= 4 is 37.0 Å². The van der Waals surface area contributed by atoms with E-state index in [1.54, 1.807) is 13.1 Å². The van der Waals surface area contributed by atoms with Gasteiger partial charge >= 0.3 is 0 Å². The van der Waals surface area contributed by atoms with Crippen LogP contribution in [0.4, 0.5) is 5.69 Å². The van der Waals surface area contributed by atoms with Crippen molar-refractivity contribution in [3.05, 3.63) is 29.3 Å². The standard InChI is InChI=1S/C13H17NO2.C8H14N2O3/c1-11-12(10-16)6-5-7-13(11)14-8-3-2-4-9-15;1-7(10(2)6-12)3-4-8(13)9-5-11/h5-7,9-10,14H,2-4,8H2,1H3;5-7H,3-4H2,1-2H3,(H,9,11,13). The van der Waals surface area contributed by atoms with Crippen molar-refractivity contribution in [2.24, 2.45) is 0 Å². The largest absolute Gasteiger partial charge is 0.385 e. The third kappa shape index (κ3) is 11.4. The van der Waals surface area contributed by atoms with Crippen LogP contribution in [0, 0.1) is 6.92 Å². The van der Waals surface area contributed by atoms with E-state index in [0.29, 0.717) is 25.7 Å². The molecule has 0 spiro atoms. The molecular formula is C21H31N3O5. The summed E-state index contributed by atoms with van der Waals surface area (Å²) in [5.74, 6) is -0.318. The first-order chi connectivity index (χ1) is 13.9. The minimum absolute atomic E-state index is 0.00917. The lowest BCUT2D eigenvalue weighted by Gasteiger charge is -2.19. The number of anilines is 1. The molecule has 1 unspecified atom stereocenters. The van der Waals surface area contributed by atoms with E-state index in [1.165, 1.54) is 4.90 Å². The topological polar surface area (TPSA) is 113 Å². The van der Waals surface area contributed by atoms with E-state index in [0.717, 1.165) is 48.8 Å². The van der Waals surface area contributed by atoms with Crippen molar-refractivity contribution < 1.29 is 24.0 Å². The number of imide groups is 1. The molecule has 1 atom stereocenters. The Morgan fingerprint density at radius 1 is 1.17 bits per heavy atom. The van der Waals surface area contributed by atoms with E-state index < -0.39 is 0 Å². The van der Waals surface area contributed by atoms with Gasteiger partial charge in [-0.1, -0.05) is 12.1 Å². The lowest BCUT2D eigenvalue weighted by Crippen LogP contribution is -2.30. The predicted molar refractivity (Wildman–Crippen MR) is 112 cm³/mol. The van der Waals surface area contributed by atoms with Crippen LogP contribution in [0.15, 0.2) is 18.2 Å². The van der Waals surface area contributed by atoms with Crippen LogP contribution in [0.2, 0.25) is 0 Å². The molecule has 160 valence electrons. The monoisotopic (exact) mass is 405 g/mol. The van der Waals surface area contributed by atoms with Crippen molar-refractivity contribution in [1.29, 1.82) is 0 Å². The maximum absolute atomic E-state index is 10.8. The highest BCUT2D eigenvalue weighted by Gasteiger charge is 2.09. The summed E-state index contributed by atoms with van der Waals surface area (Å²) in [6.45, 7) is 4.59. The molecule has 0 aliphatic carbocycles. The van der Waals surface area contributed by atoms with Crippen LogP contribution < -0.4 is 10.6 Å². The highest BCUT2D eigenvalue weighted by Crippen LogP contribution is 2.17. The summed E-state index contributed by atoms with van der Waals surface area (Å²) in [4.78, 5) is 53.3. The zero-order valence-corrected chi connectivity index (χ0v) is 17.3. The summed E-state index contributed by atoms with van der Waals surface area (Å²) < 4.78 is 0. The fraction of sp³-hybridized carbons (Fsp3) is 0.476. The van der Waals surface area contributed by atoms with Crippen LogP contribution >= 0.6 is 0 Å². The summed E-state index contributed by atoms with van der Waals surface area (Å²) in [6, 6.07) is 5.64. The zero-order valence-electron chi connectivity index (χ0n) is 17.3. The molecule has 3 amide bonds. The molecule has 0 fully saturated rings. The van der Waals surface area contributed by atoms with Crippen LogP contribution in [0.25, 0.3) is 0 Å². The van der Waals surface area contributed by atoms with Gasteiger partial charge in [0, 0.05) is 43.7 Å². The van der Waals surface area contributed by atoms with Gasteiger partial charge in [-0.05, 0) is 44.7 Å². The molecule has 0 saturated heterocycles. The van der Waals surface area contributed by atoms with Gasteiger partial charge in [-0.2, -0.15) is 0 Å². The summed E-state index contributed by atoms with van der Waals surface area (Å²) in [5, 5.41) is 5.30. The smallest absolute Gasteiger partial charge is 0.226 e. The van der Waals surface area contributed by atoms with Gasteiger partial charge in [-0.25, -0.2) is 0 Å². The Morgan fingerprint density at radius 3 is 2.48 bits per heavy atom. The van der Waals surface area contributed by atoms with Crippen molar-refractivity contribution in [3.63, 3.8) is 0 Å². The number of carbonyl (C=O) groups is 5. The highest BCUT2D eigenvalue weighted by atomic mass is 16.2. The second kappa shape index (κ2) is 16.0. The third-order valence-electron chi connectivity index (χ3n) is 4.44. The average Bonchev–Trinajstić information content (AvgIpc) is 2.73. The second-order valence-corrected chi connectivity index (χ2v) is 6.57. The fourth-order valence-electron chi connectivity index (χ4n) is 2.33. The van der Waals surface area contributed by atoms with E-state index in [9.17, 15) is 24.0 Å². The van der Waals surface area contributed by atoms with Gasteiger partial charge in [-0.3, -0.25) is 24.5 Å². The third-order valence-corrected chi connectivity index (χ3v) is 4.44. The number of carbonyl (C=O) groups excluding carboxylic acids is 5. The molecule has 0 aliphatic heterocycles. The van der Waals surface area contributed by atoms with Crippen LogP contribution in [0.1, 0.15) is 54.9 Å². The number of hydrogen-bond acceptors (Lipinski definition) is 6. The molecule has 0 radical (unpaired) electrons. The average molecular weight is 405 g/mol. The minimum Gasteiger partial charge on any atom is -0.385 e. The summed E-state index contributed by atoms with van der Waals surface area (Å²) >= 11 is 0. The van der Waals surface area contributed by atoms with E-state index in [1.807, 2.05) is 31.3 Å². The van der Waals surface area contributed by atoms with E-state index >= 15 is 0 Å². The molecule has 0 saturated carbocycles. The Morgan fingerprint density at radius 2 is 1.90 bits per heavy atom. The Bertz CT molecular complexity index is 664. The first-order valence-electron chi connectivity index (χ1n) is 9.53. The first kappa shape index (κ1) is 26.0. The molecule has 0 aliphatic rings. The van der Waals surface area contributed by atoms with Gasteiger partial charge < -0.3 is 15.0 Å². The van der Waals surface area contributed by atoms with Gasteiger partial charge in [0.1, 0.15) is 12.6 Å². The molecule has 1 aromatic rings. The predicted octanol–water partition coefficient (Wildman–Crippen LogP) is 2.10. The number of rotatable bonds is 13. The van der Waals surface area contributed by atoms with E-state index in [4.69, 9.17) is 0 Å². The molecule has 1 aromatic carbocycles. The van der Waals surface area contributed by atoms with Gasteiger partial charge in [-0.15, -0.1) is 0 Å². The number of aldehydes is 2. The number of nitrogens with one attached hydrogen (secondary N) is 2. The molecule has 0 aromatic heterocycles. The van der Waals surface area contributed by atoms with Crippen LogP contribution in [-0.4, -0.2) is 55.8 Å². The van der Waals surface area contributed by atoms with E-state index in [2.05, 4.69) is 5.32 Å². The van der Waals surface area contributed by atoms with Crippen molar-refractivity contribution in [2.75, 3.05) is 18.9 Å². The molecule has 1 rings (SSSR count). The Kier molecular flexibility index (Phi) is 14.3. The molecule has 8 nitrogen and oxygen atoms in total. The quantitative estimate of drug-likeness (QED) is 0.384. The van der Waals surface area contributed by atoms with Gasteiger partial charge in [0.05, 0.1) is 0 Å². The number of benzene rings is 1. The van der Waals surface area contributed by atoms with Crippen LogP contribution in [0.5, 0.6) is 0 Å². The molecule has 29 heavy (non-hydrogen) atoms. The van der Waals surface area contributed by atoms with Crippen molar-refractivity contribution in [1.82, 2.24) is 10.2 Å². The lowest BCUT2D eigenvalue weighted by atomic mass is 10.1. The summed E-state index contributed by atoms with van der Waals surface area (Å²) in [6.07, 6.45) is 6.17. The molecule has 8 heteroatoms. The molecule has 0 bridgehead atoms. The minimum atomic E-state index is -0.318. The maximum Gasteiger partial charge on any atom is 0.226 e. The molecule has 2 N–H and O–H groups in total. The fourth-order valence-corrected chi connectivity index (χ4v) is 2.33. The van der Waals surface area contributed by atoms with Gasteiger partial charge in [0.2, 0.25) is 18.7 Å². The number of unbranched alkanes of at least 4 members (excludes halogenated alkanes) is 2. The van der Waals surface area contributed by atoms with Crippen LogP contribution in [0.3, 0.4) is 0 Å². The lowest BCUT2D eigenvalue weighted by molar-refractivity contribution is -0.126. The zero-order chi connectivity index (χ0) is 22.1. The second-order valence-electron chi connectivity index (χ2n) is 6.57. The Balaban J connectivity index is 0.000000555.